The first-order valence-corrected chi connectivity index (χ1v) is 14.3. The van der Waals surface area contributed by atoms with Gasteiger partial charge in [-0.15, -0.1) is 0 Å². The third-order valence-corrected chi connectivity index (χ3v) is 8.07. The molecule has 2 nitrogen and oxygen atoms in total. The van der Waals surface area contributed by atoms with Gasteiger partial charge in [-0.05, 0) is 70.1 Å². The van der Waals surface area contributed by atoms with Crippen LogP contribution in [0.3, 0.4) is 0 Å². The third kappa shape index (κ3) is 4.13. The molecule has 0 atom stereocenters. The Morgan fingerprint density at radius 2 is 0.929 bits per heavy atom. The van der Waals surface area contributed by atoms with Gasteiger partial charge in [0.2, 0.25) is 0 Å². The summed E-state index contributed by atoms with van der Waals surface area (Å²) >= 11 is 0. The SMILES string of the molecule is c1ccc(-c2ccc(N(c3ccc(-c4ccccc4)cc3)c3cccc4ccc5c6ccccc6oc5c34)cc2)cc1. The van der Waals surface area contributed by atoms with Gasteiger partial charge in [0.15, 0.2) is 0 Å². The van der Waals surface area contributed by atoms with E-state index in [1.807, 2.05) is 12.1 Å². The van der Waals surface area contributed by atoms with Crippen LogP contribution in [0.25, 0.3) is 55.0 Å². The molecular weight excluding hydrogens is 510 g/mol. The zero-order valence-electron chi connectivity index (χ0n) is 22.9. The smallest absolute Gasteiger partial charge is 0.145 e. The molecule has 42 heavy (non-hydrogen) atoms. The van der Waals surface area contributed by atoms with Crippen LogP contribution in [-0.4, -0.2) is 0 Å². The highest BCUT2D eigenvalue weighted by Crippen LogP contribution is 2.44. The van der Waals surface area contributed by atoms with Gasteiger partial charge in [-0.2, -0.15) is 0 Å². The first kappa shape index (κ1) is 24.2. The molecule has 0 unspecified atom stereocenters. The van der Waals surface area contributed by atoms with Gasteiger partial charge in [-0.1, -0.05) is 121 Å². The lowest BCUT2D eigenvalue weighted by Crippen LogP contribution is -2.10. The quantitative estimate of drug-likeness (QED) is 0.217. The molecule has 0 amide bonds. The number of furan rings is 1. The van der Waals surface area contributed by atoms with Gasteiger partial charge in [0.1, 0.15) is 11.2 Å². The van der Waals surface area contributed by atoms with Crippen molar-refractivity contribution in [1.29, 1.82) is 0 Å². The molecular formula is C40H27NO. The molecule has 2 heteroatoms. The summed E-state index contributed by atoms with van der Waals surface area (Å²) in [5.74, 6) is 0. The lowest BCUT2D eigenvalue weighted by molar-refractivity contribution is 0.672. The fourth-order valence-electron chi connectivity index (χ4n) is 6.01. The second-order valence-electron chi connectivity index (χ2n) is 10.6. The number of rotatable bonds is 5. The normalized spacial score (nSPS) is 11.3. The van der Waals surface area contributed by atoms with Crippen LogP contribution >= 0.6 is 0 Å². The van der Waals surface area contributed by atoms with Gasteiger partial charge in [-0.25, -0.2) is 0 Å². The highest BCUT2D eigenvalue weighted by atomic mass is 16.3. The number of para-hydroxylation sites is 1. The molecule has 8 rings (SSSR count). The predicted octanol–water partition coefficient (Wildman–Crippen LogP) is 11.5. The van der Waals surface area contributed by atoms with Gasteiger partial charge in [0.05, 0.1) is 5.69 Å². The van der Waals surface area contributed by atoms with E-state index in [1.54, 1.807) is 0 Å². The predicted molar refractivity (Wildman–Crippen MR) is 177 cm³/mol. The molecule has 0 N–H and O–H groups in total. The highest BCUT2D eigenvalue weighted by Gasteiger charge is 2.19. The van der Waals surface area contributed by atoms with Crippen LogP contribution in [0.4, 0.5) is 17.1 Å². The first-order chi connectivity index (χ1) is 20.8. The summed E-state index contributed by atoms with van der Waals surface area (Å²) in [6.07, 6.45) is 0. The lowest BCUT2D eigenvalue weighted by atomic mass is 10.0. The molecule has 0 fully saturated rings. The van der Waals surface area contributed by atoms with Crippen molar-refractivity contribution in [2.75, 3.05) is 4.90 Å². The Bertz CT molecular complexity index is 2080. The summed E-state index contributed by atoms with van der Waals surface area (Å²) in [6.45, 7) is 0. The largest absolute Gasteiger partial charge is 0.455 e. The minimum absolute atomic E-state index is 0.904. The monoisotopic (exact) mass is 537 g/mol. The standard InChI is InChI=1S/C40H27NO/c1-3-10-28(11-4-1)30-18-23-33(24-19-30)41(34-25-20-31(21-26-34)29-12-5-2-6-13-29)37-16-9-14-32-22-27-36-35-15-7-8-17-38(35)42-40(36)39(32)37/h1-27H. The van der Waals surface area contributed by atoms with E-state index in [-0.39, 0.29) is 0 Å². The van der Waals surface area contributed by atoms with E-state index in [0.717, 1.165) is 49.8 Å². The first-order valence-electron chi connectivity index (χ1n) is 14.3. The van der Waals surface area contributed by atoms with Crippen LogP contribution in [0.2, 0.25) is 0 Å². The Kier molecular flexibility index (Phi) is 5.82. The van der Waals surface area contributed by atoms with Crippen molar-refractivity contribution in [2.45, 2.75) is 0 Å². The molecule has 0 aliphatic rings. The maximum absolute atomic E-state index is 6.56. The summed E-state index contributed by atoms with van der Waals surface area (Å²) in [5, 5.41) is 4.51. The van der Waals surface area contributed by atoms with Crippen LogP contribution < -0.4 is 4.90 Å². The molecule has 1 heterocycles. The van der Waals surface area contributed by atoms with Crippen molar-refractivity contribution >= 4 is 49.8 Å². The molecule has 0 saturated heterocycles. The summed E-state index contributed by atoms with van der Waals surface area (Å²) in [5.41, 5.74) is 9.86. The zero-order chi connectivity index (χ0) is 27.9. The van der Waals surface area contributed by atoms with Gasteiger partial charge >= 0.3 is 0 Å². The maximum Gasteiger partial charge on any atom is 0.145 e. The summed E-state index contributed by atoms with van der Waals surface area (Å²) in [7, 11) is 0. The van der Waals surface area contributed by atoms with Crippen LogP contribution in [0, 0.1) is 0 Å². The van der Waals surface area contributed by atoms with Crippen molar-refractivity contribution in [1.82, 2.24) is 0 Å². The zero-order valence-corrected chi connectivity index (χ0v) is 22.9. The molecule has 0 saturated carbocycles. The van der Waals surface area contributed by atoms with Crippen molar-refractivity contribution in [3.8, 4) is 22.3 Å². The summed E-state index contributed by atoms with van der Waals surface area (Å²) in [6, 6.07) is 57.9. The fourth-order valence-corrected chi connectivity index (χ4v) is 6.01. The summed E-state index contributed by atoms with van der Waals surface area (Å²) < 4.78 is 6.56. The lowest BCUT2D eigenvalue weighted by Gasteiger charge is -2.27. The van der Waals surface area contributed by atoms with Crippen LogP contribution in [0.15, 0.2) is 168 Å². The van der Waals surface area contributed by atoms with Gasteiger partial charge in [0, 0.05) is 27.5 Å². The van der Waals surface area contributed by atoms with Crippen molar-refractivity contribution in [3.05, 3.63) is 164 Å². The molecule has 0 spiro atoms. The highest BCUT2D eigenvalue weighted by molar-refractivity contribution is 6.19. The molecule has 8 aromatic rings. The van der Waals surface area contributed by atoms with Crippen LogP contribution in [0.5, 0.6) is 0 Å². The topological polar surface area (TPSA) is 16.4 Å². The Labute approximate surface area is 244 Å². The molecule has 1 aromatic heterocycles. The second kappa shape index (κ2) is 10.1. The minimum atomic E-state index is 0.904. The molecule has 0 radical (unpaired) electrons. The number of fused-ring (bicyclic) bond motifs is 5. The van der Waals surface area contributed by atoms with Crippen LogP contribution in [-0.2, 0) is 0 Å². The van der Waals surface area contributed by atoms with E-state index in [9.17, 15) is 0 Å². The molecule has 0 aliphatic heterocycles. The third-order valence-electron chi connectivity index (χ3n) is 8.07. The van der Waals surface area contributed by atoms with E-state index >= 15 is 0 Å². The number of hydrogen-bond acceptors (Lipinski definition) is 2. The molecule has 7 aromatic carbocycles. The van der Waals surface area contributed by atoms with Crippen molar-refractivity contribution < 1.29 is 4.42 Å². The fraction of sp³-hybridized carbons (Fsp3) is 0. The summed E-state index contributed by atoms with van der Waals surface area (Å²) in [4.78, 5) is 2.35. The molecule has 0 bridgehead atoms. The second-order valence-corrected chi connectivity index (χ2v) is 10.6. The minimum Gasteiger partial charge on any atom is -0.455 e. The number of hydrogen-bond donors (Lipinski definition) is 0. The number of nitrogens with zero attached hydrogens (tertiary/aromatic N) is 1. The Morgan fingerprint density at radius 1 is 0.381 bits per heavy atom. The Hall–Kier alpha value is -5.60. The maximum atomic E-state index is 6.56. The van der Waals surface area contributed by atoms with Crippen molar-refractivity contribution in [2.24, 2.45) is 0 Å². The average molecular weight is 538 g/mol. The molecule has 0 aliphatic carbocycles. The Balaban J connectivity index is 1.34. The van der Waals surface area contributed by atoms with Crippen LogP contribution in [0.1, 0.15) is 0 Å². The molecule has 198 valence electrons. The van der Waals surface area contributed by atoms with Gasteiger partial charge < -0.3 is 9.32 Å². The van der Waals surface area contributed by atoms with E-state index in [2.05, 4.69) is 157 Å². The van der Waals surface area contributed by atoms with Gasteiger partial charge in [-0.3, -0.25) is 0 Å². The number of benzene rings is 7. The van der Waals surface area contributed by atoms with E-state index in [0.29, 0.717) is 0 Å². The van der Waals surface area contributed by atoms with E-state index < -0.39 is 0 Å². The van der Waals surface area contributed by atoms with E-state index in [4.69, 9.17) is 4.42 Å². The van der Waals surface area contributed by atoms with Gasteiger partial charge in [0.25, 0.3) is 0 Å². The van der Waals surface area contributed by atoms with Crippen molar-refractivity contribution in [3.63, 3.8) is 0 Å². The average Bonchev–Trinajstić information content (AvgIpc) is 3.45. The van der Waals surface area contributed by atoms with E-state index in [1.165, 1.54) is 22.3 Å². The number of anilines is 3. The Morgan fingerprint density at radius 3 is 1.55 bits per heavy atom.